The molecule has 0 fully saturated rings. The molecule has 0 radical (unpaired) electrons. The highest BCUT2D eigenvalue weighted by atomic mass is 35.5. The predicted molar refractivity (Wildman–Crippen MR) is 59.4 cm³/mol. The molecule has 0 aliphatic rings. The molecule has 0 aliphatic carbocycles. The molecule has 1 aromatic carbocycles. The highest BCUT2D eigenvalue weighted by Gasteiger charge is 1.96. The molecule has 1 rings (SSSR count). The van der Waals surface area contributed by atoms with E-state index in [0.717, 1.165) is 5.69 Å². The van der Waals surface area contributed by atoms with Crippen molar-refractivity contribution >= 4 is 24.0 Å². The summed E-state index contributed by atoms with van der Waals surface area (Å²) < 4.78 is 0. The molecule has 3 N–H and O–H groups in total. The molecule has 0 unspecified atom stereocenters. The zero-order valence-corrected chi connectivity index (χ0v) is 8.73. The summed E-state index contributed by atoms with van der Waals surface area (Å²) in [4.78, 5) is 11.0. The highest BCUT2D eigenvalue weighted by Crippen LogP contribution is 2.01. The van der Waals surface area contributed by atoms with Gasteiger partial charge in [0.2, 0.25) is 0 Å². The third-order valence-corrected chi connectivity index (χ3v) is 1.46. The number of hydrazine groups is 1. The summed E-state index contributed by atoms with van der Waals surface area (Å²) in [7, 11) is 1.72. The lowest BCUT2D eigenvalue weighted by Gasteiger charge is -2.07. The Labute approximate surface area is 89.5 Å². The van der Waals surface area contributed by atoms with Gasteiger partial charge >= 0.3 is 0 Å². The van der Waals surface area contributed by atoms with Crippen molar-refractivity contribution < 1.29 is 4.79 Å². The number of halogens is 1. The summed E-state index contributed by atoms with van der Waals surface area (Å²) in [6, 6.07) is 9.46. The molecule has 0 heterocycles. The summed E-state index contributed by atoms with van der Waals surface area (Å²) >= 11 is 0. The quantitative estimate of drug-likeness (QED) is 0.651. The van der Waals surface area contributed by atoms with E-state index in [2.05, 4.69) is 16.2 Å². The molecule has 4 nitrogen and oxygen atoms in total. The molecule has 78 valence electrons. The van der Waals surface area contributed by atoms with Crippen LogP contribution in [0.2, 0.25) is 0 Å². The van der Waals surface area contributed by atoms with Crippen LogP contribution in [0.4, 0.5) is 5.69 Å². The third-order valence-electron chi connectivity index (χ3n) is 1.46. The van der Waals surface area contributed by atoms with Crippen LogP contribution >= 0.6 is 12.4 Å². The van der Waals surface area contributed by atoms with Gasteiger partial charge in [-0.05, 0) is 19.2 Å². The molecule has 14 heavy (non-hydrogen) atoms. The van der Waals surface area contributed by atoms with E-state index in [1.807, 2.05) is 30.3 Å². The third kappa shape index (κ3) is 4.69. The van der Waals surface area contributed by atoms with Crippen LogP contribution in [0.15, 0.2) is 30.3 Å². The maximum Gasteiger partial charge on any atom is 0.252 e. The Kier molecular flexibility index (Phi) is 6.53. The van der Waals surface area contributed by atoms with Crippen molar-refractivity contribution in [2.45, 2.75) is 0 Å². The number of anilines is 1. The van der Waals surface area contributed by atoms with E-state index in [4.69, 9.17) is 0 Å². The van der Waals surface area contributed by atoms with Crippen LogP contribution < -0.4 is 16.2 Å². The van der Waals surface area contributed by atoms with Gasteiger partial charge < -0.3 is 5.32 Å². The fourth-order valence-electron chi connectivity index (χ4n) is 0.868. The normalized spacial score (nSPS) is 8.64. The van der Waals surface area contributed by atoms with Gasteiger partial charge in [0, 0.05) is 0 Å². The Morgan fingerprint density at radius 1 is 1.29 bits per heavy atom. The van der Waals surface area contributed by atoms with Crippen LogP contribution in [0.3, 0.4) is 0 Å². The van der Waals surface area contributed by atoms with E-state index >= 15 is 0 Å². The number of amides is 1. The highest BCUT2D eigenvalue weighted by molar-refractivity contribution is 5.85. The predicted octanol–water partition coefficient (Wildman–Crippen LogP) is 0.771. The average molecular weight is 216 g/mol. The van der Waals surface area contributed by atoms with Gasteiger partial charge in [0.1, 0.15) is 0 Å². The lowest BCUT2D eigenvalue weighted by Crippen LogP contribution is -2.35. The van der Waals surface area contributed by atoms with E-state index < -0.39 is 0 Å². The first-order valence-corrected chi connectivity index (χ1v) is 4.07. The molecule has 0 atom stereocenters. The topological polar surface area (TPSA) is 53.2 Å². The standard InChI is InChI=1S/C9H13N3O.ClH/c1-10-7-9(13)12-11-8-5-3-2-4-6-8;/h2-6,10-11H,7H2,1H3,(H,12,13);1H. The molecule has 0 saturated carbocycles. The van der Waals surface area contributed by atoms with Crippen LogP contribution in [0.25, 0.3) is 0 Å². The monoisotopic (exact) mass is 215 g/mol. The lowest BCUT2D eigenvalue weighted by molar-refractivity contribution is -0.119. The average Bonchev–Trinajstić information content (AvgIpc) is 2.17. The zero-order chi connectivity index (χ0) is 9.52. The molecule has 1 amide bonds. The van der Waals surface area contributed by atoms with E-state index in [9.17, 15) is 4.79 Å². The molecule has 0 aromatic heterocycles. The molecule has 0 bridgehead atoms. The zero-order valence-electron chi connectivity index (χ0n) is 7.91. The number of rotatable bonds is 4. The molecule has 0 spiro atoms. The Morgan fingerprint density at radius 3 is 2.50 bits per heavy atom. The first kappa shape index (κ1) is 12.7. The molecule has 1 aromatic rings. The molecule has 0 aliphatic heterocycles. The molecular weight excluding hydrogens is 202 g/mol. The number of benzene rings is 1. The van der Waals surface area contributed by atoms with Crippen LogP contribution in [0, 0.1) is 0 Å². The minimum atomic E-state index is -0.0913. The van der Waals surface area contributed by atoms with Gasteiger partial charge in [-0.2, -0.15) is 0 Å². The van der Waals surface area contributed by atoms with Gasteiger partial charge in [-0.25, -0.2) is 0 Å². The van der Waals surface area contributed by atoms with Crippen LogP contribution in [0.5, 0.6) is 0 Å². The maximum atomic E-state index is 11.0. The number of para-hydroxylation sites is 1. The minimum Gasteiger partial charge on any atom is -0.311 e. The second kappa shape index (κ2) is 7.17. The first-order valence-electron chi connectivity index (χ1n) is 4.07. The summed E-state index contributed by atoms with van der Waals surface area (Å²) in [5, 5.41) is 2.75. The van der Waals surface area contributed by atoms with Crippen LogP contribution in [-0.4, -0.2) is 19.5 Å². The largest absolute Gasteiger partial charge is 0.311 e. The van der Waals surface area contributed by atoms with Gasteiger partial charge in [0.15, 0.2) is 0 Å². The first-order chi connectivity index (χ1) is 6.33. The summed E-state index contributed by atoms with van der Waals surface area (Å²) in [5.41, 5.74) is 6.21. The van der Waals surface area contributed by atoms with Crippen molar-refractivity contribution in [1.29, 1.82) is 0 Å². The Morgan fingerprint density at radius 2 is 1.93 bits per heavy atom. The second-order valence-electron chi connectivity index (χ2n) is 2.57. The Bertz CT molecular complexity index is 266. The molecule has 0 saturated heterocycles. The molecular formula is C9H14ClN3O. The fourth-order valence-corrected chi connectivity index (χ4v) is 0.868. The Hall–Kier alpha value is -1.26. The number of likely N-dealkylation sites (N-methyl/N-ethyl adjacent to an activating group) is 1. The Balaban J connectivity index is 0.00000169. The smallest absolute Gasteiger partial charge is 0.252 e. The number of hydrogen-bond donors (Lipinski definition) is 3. The van der Waals surface area contributed by atoms with Gasteiger partial charge in [0.05, 0.1) is 12.2 Å². The van der Waals surface area contributed by atoms with Crippen LogP contribution in [0.1, 0.15) is 0 Å². The summed E-state index contributed by atoms with van der Waals surface area (Å²) in [6.45, 7) is 0.305. The van der Waals surface area contributed by atoms with E-state index in [1.165, 1.54) is 0 Å². The summed E-state index contributed by atoms with van der Waals surface area (Å²) in [5.74, 6) is -0.0913. The van der Waals surface area contributed by atoms with Crippen molar-refractivity contribution in [3.8, 4) is 0 Å². The molecule has 5 heteroatoms. The van der Waals surface area contributed by atoms with Gasteiger partial charge in [-0.3, -0.25) is 15.6 Å². The van der Waals surface area contributed by atoms with Gasteiger partial charge in [-0.1, -0.05) is 18.2 Å². The fraction of sp³-hybridized carbons (Fsp3) is 0.222. The second-order valence-corrected chi connectivity index (χ2v) is 2.57. The van der Waals surface area contributed by atoms with Gasteiger partial charge in [0.25, 0.3) is 5.91 Å². The van der Waals surface area contributed by atoms with E-state index in [0.29, 0.717) is 6.54 Å². The summed E-state index contributed by atoms with van der Waals surface area (Å²) in [6.07, 6.45) is 0. The number of nitrogens with one attached hydrogen (secondary N) is 3. The van der Waals surface area contributed by atoms with Crippen molar-refractivity contribution in [3.63, 3.8) is 0 Å². The lowest BCUT2D eigenvalue weighted by atomic mass is 10.3. The number of carbonyl (C=O) groups is 1. The number of hydrogen-bond acceptors (Lipinski definition) is 3. The van der Waals surface area contributed by atoms with E-state index in [-0.39, 0.29) is 18.3 Å². The maximum absolute atomic E-state index is 11.0. The van der Waals surface area contributed by atoms with Crippen LogP contribution in [-0.2, 0) is 4.79 Å². The number of carbonyl (C=O) groups excluding carboxylic acids is 1. The SMILES string of the molecule is CNCC(=O)NNc1ccccc1.Cl. The van der Waals surface area contributed by atoms with Crippen molar-refractivity contribution in [3.05, 3.63) is 30.3 Å². The van der Waals surface area contributed by atoms with Crippen molar-refractivity contribution in [1.82, 2.24) is 10.7 Å². The van der Waals surface area contributed by atoms with Crippen molar-refractivity contribution in [2.75, 3.05) is 19.0 Å². The van der Waals surface area contributed by atoms with E-state index in [1.54, 1.807) is 7.05 Å². The van der Waals surface area contributed by atoms with Gasteiger partial charge in [-0.15, -0.1) is 12.4 Å². The minimum absolute atomic E-state index is 0. The van der Waals surface area contributed by atoms with Crippen molar-refractivity contribution in [2.24, 2.45) is 0 Å².